The van der Waals surface area contributed by atoms with E-state index in [2.05, 4.69) is 5.32 Å². The zero-order valence-electron chi connectivity index (χ0n) is 8.49. The number of methoxy groups -OCH3 is 1. The molecule has 2 fully saturated rings. The van der Waals surface area contributed by atoms with Crippen LogP contribution in [0.25, 0.3) is 0 Å². The van der Waals surface area contributed by atoms with Gasteiger partial charge in [0.15, 0.2) is 0 Å². The van der Waals surface area contributed by atoms with Gasteiger partial charge in [-0.1, -0.05) is 0 Å². The van der Waals surface area contributed by atoms with Gasteiger partial charge in [0.1, 0.15) is 0 Å². The summed E-state index contributed by atoms with van der Waals surface area (Å²) in [6, 6.07) is 0.681. The molecule has 0 aromatic heterocycles. The Morgan fingerprint density at radius 2 is 2.14 bits per heavy atom. The van der Waals surface area contributed by atoms with Gasteiger partial charge in [-0.2, -0.15) is 0 Å². The van der Waals surface area contributed by atoms with Crippen molar-refractivity contribution in [2.75, 3.05) is 13.7 Å². The minimum absolute atomic E-state index is 0. The molecule has 4 heteroatoms. The first-order valence-electron chi connectivity index (χ1n) is 5.12. The number of esters is 1. The normalized spacial score (nSPS) is 35.6. The predicted octanol–water partition coefficient (Wildman–Crippen LogP) is 1.36. The summed E-state index contributed by atoms with van der Waals surface area (Å²) in [5, 5.41) is 3.48. The summed E-state index contributed by atoms with van der Waals surface area (Å²) in [5.74, 6) is 0.884. The van der Waals surface area contributed by atoms with Crippen LogP contribution in [0.15, 0.2) is 0 Å². The minimum Gasteiger partial charge on any atom is -0.469 e. The van der Waals surface area contributed by atoms with Crippen molar-refractivity contribution in [3.8, 4) is 0 Å². The standard InChI is InChI=1S/C10H17NO2.ClH/c1-13-10(12)8-2-3-9-7(6-8)4-5-11-9;/h7-9,11H,2-6H2,1H3;1H. The van der Waals surface area contributed by atoms with Crippen LogP contribution in [0.5, 0.6) is 0 Å². The molecule has 3 atom stereocenters. The highest BCUT2D eigenvalue weighted by molar-refractivity contribution is 5.85. The number of hydrogen-bond acceptors (Lipinski definition) is 3. The quantitative estimate of drug-likeness (QED) is 0.677. The lowest BCUT2D eigenvalue weighted by atomic mass is 9.79. The van der Waals surface area contributed by atoms with Gasteiger partial charge >= 0.3 is 5.97 Å². The third-order valence-corrected chi connectivity index (χ3v) is 3.44. The zero-order valence-corrected chi connectivity index (χ0v) is 9.31. The molecule has 0 radical (unpaired) electrons. The molecule has 3 unspecified atom stereocenters. The van der Waals surface area contributed by atoms with Gasteiger partial charge in [0, 0.05) is 6.04 Å². The number of nitrogens with one attached hydrogen (secondary N) is 1. The topological polar surface area (TPSA) is 38.3 Å². The van der Waals surface area contributed by atoms with Crippen molar-refractivity contribution in [3.05, 3.63) is 0 Å². The van der Waals surface area contributed by atoms with E-state index in [1.165, 1.54) is 13.5 Å². The number of fused-ring (bicyclic) bond motifs is 1. The van der Waals surface area contributed by atoms with Crippen molar-refractivity contribution < 1.29 is 9.53 Å². The number of rotatable bonds is 1. The fraction of sp³-hybridized carbons (Fsp3) is 0.900. The van der Waals surface area contributed by atoms with E-state index >= 15 is 0 Å². The first-order valence-corrected chi connectivity index (χ1v) is 5.12. The van der Waals surface area contributed by atoms with Gasteiger partial charge in [0.25, 0.3) is 0 Å². The maximum absolute atomic E-state index is 11.3. The van der Waals surface area contributed by atoms with Gasteiger partial charge in [0.2, 0.25) is 0 Å². The predicted molar refractivity (Wildman–Crippen MR) is 56.5 cm³/mol. The average Bonchev–Trinajstić information content (AvgIpc) is 2.63. The molecule has 1 N–H and O–H groups in total. The summed E-state index contributed by atoms with van der Waals surface area (Å²) in [6.07, 6.45) is 4.41. The van der Waals surface area contributed by atoms with Crippen LogP contribution in [0, 0.1) is 11.8 Å². The lowest BCUT2D eigenvalue weighted by Gasteiger charge is -2.29. The van der Waals surface area contributed by atoms with Gasteiger partial charge in [-0.05, 0) is 38.1 Å². The SMILES string of the molecule is COC(=O)C1CCC2NCCC2C1.Cl. The molecule has 2 aliphatic rings. The third kappa shape index (κ3) is 2.20. The van der Waals surface area contributed by atoms with E-state index in [1.807, 2.05) is 0 Å². The van der Waals surface area contributed by atoms with Crippen LogP contribution in [-0.4, -0.2) is 25.7 Å². The van der Waals surface area contributed by atoms with E-state index in [0.717, 1.165) is 31.7 Å². The molecule has 0 spiro atoms. The van der Waals surface area contributed by atoms with E-state index in [-0.39, 0.29) is 24.3 Å². The van der Waals surface area contributed by atoms with E-state index in [4.69, 9.17) is 4.74 Å². The Morgan fingerprint density at radius 1 is 1.36 bits per heavy atom. The Morgan fingerprint density at radius 3 is 2.86 bits per heavy atom. The summed E-state index contributed by atoms with van der Waals surface area (Å²) in [5.41, 5.74) is 0. The third-order valence-electron chi connectivity index (χ3n) is 3.44. The van der Waals surface area contributed by atoms with Gasteiger partial charge in [-0.15, -0.1) is 12.4 Å². The fourth-order valence-corrected chi connectivity index (χ4v) is 2.69. The molecule has 0 bridgehead atoms. The number of halogens is 1. The van der Waals surface area contributed by atoms with Crippen LogP contribution in [0.2, 0.25) is 0 Å². The molecule has 2 rings (SSSR count). The van der Waals surface area contributed by atoms with E-state index in [9.17, 15) is 4.79 Å². The van der Waals surface area contributed by atoms with Crippen LogP contribution < -0.4 is 5.32 Å². The highest BCUT2D eigenvalue weighted by Gasteiger charge is 2.36. The summed E-state index contributed by atoms with van der Waals surface area (Å²) in [6.45, 7) is 1.13. The Hall–Kier alpha value is -0.280. The van der Waals surface area contributed by atoms with E-state index in [0.29, 0.717) is 6.04 Å². The molecule has 0 aromatic carbocycles. The molecule has 1 aliphatic heterocycles. The number of carbonyl (C=O) groups excluding carboxylic acids is 1. The first-order chi connectivity index (χ1) is 6.31. The van der Waals surface area contributed by atoms with Crippen molar-refractivity contribution in [1.82, 2.24) is 5.32 Å². The van der Waals surface area contributed by atoms with Crippen molar-refractivity contribution in [2.45, 2.75) is 31.7 Å². The largest absolute Gasteiger partial charge is 0.469 e. The van der Waals surface area contributed by atoms with E-state index < -0.39 is 0 Å². The molecule has 1 saturated heterocycles. The Kier molecular flexibility index (Phi) is 4.20. The second kappa shape index (κ2) is 4.99. The van der Waals surface area contributed by atoms with Crippen molar-refractivity contribution in [2.24, 2.45) is 11.8 Å². The highest BCUT2D eigenvalue weighted by atomic mass is 35.5. The van der Waals surface area contributed by atoms with Crippen LogP contribution in [0.3, 0.4) is 0 Å². The van der Waals surface area contributed by atoms with Crippen molar-refractivity contribution in [3.63, 3.8) is 0 Å². The number of carbonyl (C=O) groups is 1. The molecule has 0 amide bonds. The van der Waals surface area contributed by atoms with Crippen LogP contribution in [0.1, 0.15) is 25.7 Å². The molecule has 1 aliphatic carbocycles. The van der Waals surface area contributed by atoms with Crippen LogP contribution in [-0.2, 0) is 9.53 Å². The molecule has 1 saturated carbocycles. The summed E-state index contributed by atoms with van der Waals surface area (Å²) < 4.78 is 4.78. The molecule has 3 nitrogen and oxygen atoms in total. The molecule has 14 heavy (non-hydrogen) atoms. The van der Waals surface area contributed by atoms with Crippen molar-refractivity contribution in [1.29, 1.82) is 0 Å². The van der Waals surface area contributed by atoms with Crippen LogP contribution in [0.4, 0.5) is 0 Å². The summed E-state index contributed by atoms with van der Waals surface area (Å²) >= 11 is 0. The second-order valence-corrected chi connectivity index (χ2v) is 4.14. The van der Waals surface area contributed by atoms with Gasteiger partial charge in [0.05, 0.1) is 13.0 Å². The summed E-state index contributed by atoms with van der Waals surface area (Å²) in [7, 11) is 1.49. The van der Waals surface area contributed by atoms with Gasteiger partial charge < -0.3 is 10.1 Å². The molecular formula is C10H18ClNO2. The monoisotopic (exact) mass is 219 g/mol. The maximum atomic E-state index is 11.3. The smallest absolute Gasteiger partial charge is 0.308 e. The minimum atomic E-state index is -0.00894. The first kappa shape index (κ1) is 11.8. The molecule has 0 aromatic rings. The van der Waals surface area contributed by atoms with Gasteiger partial charge in [-0.3, -0.25) is 4.79 Å². The van der Waals surface area contributed by atoms with E-state index in [1.54, 1.807) is 0 Å². The molecule has 1 heterocycles. The fourth-order valence-electron chi connectivity index (χ4n) is 2.69. The Bertz CT molecular complexity index is 210. The number of ether oxygens (including phenoxy) is 1. The Labute approximate surface area is 91.0 Å². The lowest BCUT2D eigenvalue weighted by Crippen LogP contribution is -2.35. The number of hydrogen-bond donors (Lipinski definition) is 1. The van der Waals surface area contributed by atoms with Gasteiger partial charge in [-0.25, -0.2) is 0 Å². The highest BCUT2D eigenvalue weighted by Crippen LogP contribution is 2.34. The molecule has 82 valence electrons. The van der Waals surface area contributed by atoms with Crippen molar-refractivity contribution >= 4 is 18.4 Å². The second-order valence-electron chi connectivity index (χ2n) is 4.14. The maximum Gasteiger partial charge on any atom is 0.308 e. The molecular weight excluding hydrogens is 202 g/mol. The Balaban J connectivity index is 0.000000980. The average molecular weight is 220 g/mol. The lowest BCUT2D eigenvalue weighted by molar-refractivity contribution is -0.147. The zero-order chi connectivity index (χ0) is 9.26. The summed E-state index contributed by atoms with van der Waals surface area (Å²) in [4.78, 5) is 11.3. The van der Waals surface area contributed by atoms with Crippen LogP contribution >= 0.6 is 12.4 Å².